The molecule has 0 aromatic heterocycles. The number of unbranched alkanes of at least 4 members (excludes halogenated alkanes) is 5. The molecule has 0 fully saturated rings. The molecule has 0 radical (unpaired) electrons. The topological polar surface area (TPSA) is 99.2 Å². The lowest BCUT2D eigenvalue weighted by atomic mass is 10.1. The second-order valence-corrected chi connectivity index (χ2v) is 17.4. The molecule has 0 N–H and O–H groups in total. The van der Waals surface area contributed by atoms with Crippen LogP contribution in [-0.4, -0.2) is 59.3 Å². The molecule has 0 atom stereocenters. The van der Waals surface area contributed by atoms with Crippen molar-refractivity contribution in [3.63, 3.8) is 0 Å². The minimum Gasteiger partial charge on any atom is -0.744 e. The molecule has 282 valence electrons. The predicted octanol–water partition coefficient (Wildman–Crippen LogP) is 9.13. The van der Waals surface area contributed by atoms with Gasteiger partial charge in [0.15, 0.2) is 21.3 Å². The van der Waals surface area contributed by atoms with E-state index >= 15 is 0 Å². The van der Waals surface area contributed by atoms with Gasteiger partial charge in [0.25, 0.3) is 0 Å². The van der Waals surface area contributed by atoms with Crippen LogP contribution in [-0.2, 0) is 37.0 Å². The smallest absolute Gasteiger partial charge is 0.344 e. The summed E-state index contributed by atoms with van der Waals surface area (Å²) in [4.78, 5) is 19.8. The van der Waals surface area contributed by atoms with E-state index in [9.17, 15) is 17.8 Å². The monoisotopic (exact) mass is 748 g/mol. The van der Waals surface area contributed by atoms with Gasteiger partial charge in [0.05, 0.1) is 15.8 Å². The zero-order valence-corrected chi connectivity index (χ0v) is 33.7. The number of hydrogen-bond acceptors (Lipinski definition) is 8. The first-order chi connectivity index (χ1) is 24.6. The minimum absolute atomic E-state index is 0.0569. The molecule has 52 heavy (non-hydrogen) atoms. The fourth-order valence-electron chi connectivity index (χ4n) is 5.42. The van der Waals surface area contributed by atoms with Gasteiger partial charge in [-0.1, -0.05) is 69.4 Å². The van der Waals surface area contributed by atoms with Crippen LogP contribution in [0.1, 0.15) is 71.8 Å². The molecule has 4 aromatic carbocycles. The Hall–Kier alpha value is -3.99. The highest BCUT2D eigenvalue weighted by Crippen LogP contribution is 2.35. The van der Waals surface area contributed by atoms with Crippen molar-refractivity contribution in [1.82, 2.24) is 0 Å². The standard InChI is InChI=1S/C28H35N2O3S.C14H22O3S/c1-28(2,3)33-27(31)20-32-23-14-16-24(17-15-23)34(25-12-8-10-21(18-25)29(4)5)26-13-9-11-22(19-26)30(6)7;1-2-3-4-5-6-7-10-13-11-8-9-12-14(13)18(15,16)17/h8-19H,20H2,1-7H3;8-9,11-12H,2-7,10H2,1H3,(H,15,16,17)/q+1;/p-1. The number of hydrogen-bond donors (Lipinski definition) is 0. The second kappa shape index (κ2) is 20.3. The molecule has 0 aliphatic rings. The molecule has 0 amide bonds. The summed E-state index contributed by atoms with van der Waals surface area (Å²) in [5.41, 5.74) is 2.45. The molecule has 0 spiro atoms. The number of anilines is 2. The van der Waals surface area contributed by atoms with Crippen LogP contribution in [0.4, 0.5) is 11.4 Å². The molecule has 0 aliphatic heterocycles. The van der Waals surface area contributed by atoms with Crippen LogP contribution in [0.2, 0.25) is 0 Å². The van der Waals surface area contributed by atoms with E-state index in [0.29, 0.717) is 17.7 Å². The van der Waals surface area contributed by atoms with E-state index in [0.717, 1.165) is 24.2 Å². The maximum atomic E-state index is 12.0. The van der Waals surface area contributed by atoms with Crippen LogP contribution in [0.25, 0.3) is 0 Å². The van der Waals surface area contributed by atoms with Gasteiger partial charge in [0, 0.05) is 51.7 Å². The number of rotatable bonds is 16. The van der Waals surface area contributed by atoms with Gasteiger partial charge >= 0.3 is 5.97 Å². The summed E-state index contributed by atoms with van der Waals surface area (Å²) in [5, 5.41) is 0. The van der Waals surface area contributed by atoms with E-state index in [1.54, 1.807) is 18.2 Å². The van der Waals surface area contributed by atoms with Gasteiger partial charge in [0.1, 0.15) is 21.5 Å². The van der Waals surface area contributed by atoms with Gasteiger partial charge in [-0.15, -0.1) is 0 Å². The average Bonchev–Trinajstić information content (AvgIpc) is 3.09. The van der Waals surface area contributed by atoms with Crippen LogP contribution < -0.4 is 14.5 Å². The van der Waals surface area contributed by atoms with Crippen molar-refractivity contribution in [3.8, 4) is 5.75 Å². The highest BCUT2D eigenvalue weighted by Gasteiger charge is 2.30. The normalized spacial score (nSPS) is 11.4. The summed E-state index contributed by atoms with van der Waals surface area (Å²) in [6.07, 6.45) is 7.59. The van der Waals surface area contributed by atoms with Gasteiger partial charge in [-0.2, -0.15) is 0 Å². The van der Waals surface area contributed by atoms with E-state index in [1.807, 2.05) is 32.9 Å². The Balaban J connectivity index is 0.000000341. The molecule has 0 heterocycles. The molecule has 10 heteroatoms. The molecule has 0 unspecified atom stereocenters. The molecule has 4 aromatic rings. The second-order valence-electron chi connectivity index (χ2n) is 14.0. The number of nitrogens with zero attached hydrogens (tertiary/aromatic N) is 2. The third-order valence-corrected chi connectivity index (χ3v) is 11.1. The van der Waals surface area contributed by atoms with E-state index in [4.69, 9.17) is 9.47 Å². The lowest BCUT2D eigenvalue weighted by Gasteiger charge is -2.19. The highest BCUT2D eigenvalue weighted by atomic mass is 32.2. The molecule has 0 saturated heterocycles. The highest BCUT2D eigenvalue weighted by molar-refractivity contribution is 7.97. The third-order valence-electron chi connectivity index (χ3n) is 8.02. The quantitative estimate of drug-likeness (QED) is 0.0485. The van der Waals surface area contributed by atoms with Crippen molar-refractivity contribution in [2.75, 3.05) is 44.6 Å². The van der Waals surface area contributed by atoms with Gasteiger partial charge in [-0.3, -0.25) is 0 Å². The molecular formula is C42H56N2O6S2. The van der Waals surface area contributed by atoms with Crippen molar-refractivity contribution in [2.45, 2.75) is 97.8 Å². The van der Waals surface area contributed by atoms with Crippen LogP contribution >= 0.6 is 0 Å². The number of esters is 1. The fourth-order valence-corrected chi connectivity index (χ4v) is 8.29. The number of aryl methyl sites for hydroxylation is 1. The molecule has 0 aliphatic carbocycles. The number of carbonyl (C=O) groups excluding carboxylic acids is 1. The summed E-state index contributed by atoms with van der Waals surface area (Å²) in [6.45, 7) is 7.60. The Bertz CT molecular complexity index is 1750. The van der Waals surface area contributed by atoms with E-state index in [2.05, 4.69) is 106 Å². The minimum atomic E-state index is -4.33. The Kier molecular flexibility index (Phi) is 16.6. The lowest BCUT2D eigenvalue weighted by molar-refractivity contribution is -0.157. The number of ether oxygens (including phenoxy) is 2. The van der Waals surface area contributed by atoms with Crippen molar-refractivity contribution in [1.29, 1.82) is 0 Å². The Morgan fingerprint density at radius 1 is 0.712 bits per heavy atom. The van der Waals surface area contributed by atoms with E-state index < -0.39 is 15.7 Å². The first kappa shape index (κ1) is 42.4. The van der Waals surface area contributed by atoms with Gasteiger partial charge in [-0.25, -0.2) is 13.2 Å². The summed E-state index contributed by atoms with van der Waals surface area (Å²) in [6, 6.07) is 31.8. The maximum absolute atomic E-state index is 12.0. The Morgan fingerprint density at radius 2 is 1.25 bits per heavy atom. The summed E-state index contributed by atoms with van der Waals surface area (Å²) in [5.74, 6) is 0.263. The van der Waals surface area contributed by atoms with Gasteiger partial charge < -0.3 is 23.8 Å². The first-order valence-electron chi connectivity index (χ1n) is 17.9. The fraction of sp³-hybridized carbons (Fsp3) is 0.405. The Labute approximate surface area is 315 Å². The van der Waals surface area contributed by atoms with Crippen molar-refractivity contribution in [2.24, 2.45) is 0 Å². The summed E-state index contributed by atoms with van der Waals surface area (Å²) >= 11 is 0. The zero-order valence-electron chi connectivity index (χ0n) is 32.1. The number of benzene rings is 4. The lowest BCUT2D eigenvalue weighted by Crippen LogP contribution is -2.27. The molecule has 8 nitrogen and oxygen atoms in total. The van der Waals surface area contributed by atoms with Gasteiger partial charge in [-0.05, 0) is 93.8 Å². The predicted molar refractivity (Wildman–Crippen MR) is 213 cm³/mol. The summed E-state index contributed by atoms with van der Waals surface area (Å²) < 4.78 is 44.2. The van der Waals surface area contributed by atoms with Crippen LogP contribution in [0.5, 0.6) is 5.75 Å². The average molecular weight is 749 g/mol. The van der Waals surface area contributed by atoms with Crippen molar-refractivity contribution < 1.29 is 27.2 Å². The largest absolute Gasteiger partial charge is 0.744 e. The van der Waals surface area contributed by atoms with E-state index in [1.165, 1.54) is 46.4 Å². The summed E-state index contributed by atoms with van der Waals surface area (Å²) in [7, 11) is 3.59. The van der Waals surface area contributed by atoms with Crippen LogP contribution in [0.15, 0.2) is 117 Å². The molecule has 4 rings (SSSR count). The molecular weight excluding hydrogens is 693 g/mol. The number of carbonyl (C=O) groups is 1. The van der Waals surface area contributed by atoms with Crippen molar-refractivity contribution >= 4 is 38.4 Å². The van der Waals surface area contributed by atoms with Crippen LogP contribution in [0.3, 0.4) is 0 Å². The Morgan fingerprint density at radius 3 is 1.77 bits per heavy atom. The van der Waals surface area contributed by atoms with E-state index in [-0.39, 0.29) is 28.4 Å². The molecule has 0 saturated carbocycles. The zero-order chi connectivity index (χ0) is 38.3. The van der Waals surface area contributed by atoms with Crippen LogP contribution in [0, 0.1) is 0 Å². The van der Waals surface area contributed by atoms with Gasteiger partial charge in [0.2, 0.25) is 0 Å². The molecule has 0 bridgehead atoms. The third kappa shape index (κ3) is 14.2. The SMILES string of the molecule is CCCCCCCCc1ccccc1S(=O)(=O)[O-].CN(C)c1cccc([S+](c2ccc(OCC(=O)OC(C)(C)C)cc2)c2cccc(N(C)C)c2)c1. The maximum Gasteiger partial charge on any atom is 0.344 e. The first-order valence-corrected chi connectivity index (χ1v) is 20.5. The van der Waals surface area contributed by atoms with Crippen molar-refractivity contribution in [3.05, 3.63) is 103 Å².